The van der Waals surface area contributed by atoms with Gasteiger partial charge in [0.2, 0.25) is 0 Å². The summed E-state index contributed by atoms with van der Waals surface area (Å²) in [6.45, 7) is 12.0. The smallest absolute Gasteiger partial charge is 0.127 e. The zero-order chi connectivity index (χ0) is 13.7. The molecule has 104 valence electrons. The molecule has 0 saturated heterocycles. The van der Waals surface area contributed by atoms with Gasteiger partial charge in [0.25, 0.3) is 0 Å². The van der Waals surface area contributed by atoms with E-state index in [9.17, 15) is 0 Å². The predicted molar refractivity (Wildman–Crippen MR) is 79.0 cm³/mol. The fraction of sp³-hybridized carbons (Fsp3) is 0.800. The molecule has 0 amide bonds. The third kappa shape index (κ3) is 3.27. The Kier molecular flexibility index (Phi) is 5.70. The Balaban J connectivity index is 3.06. The molecule has 1 rings (SSSR count). The molecule has 0 saturated carbocycles. The number of nitrogens with zero attached hydrogens (tertiary/aromatic N) is 2. The number of unbranched alkanes of at least 4 members (excludes halogenated alkanes) is 1. The first-order chi connectivity index (χ1) is 8.52. The monoisotopic (exact) mass is 251 g/mol. The van der Waals surface area contributed by atoms with Gasteiger partial charge in [-0.2, -0.15) is 0 Å². The fourth-order valence-corrected chi connectivity index (χ4v) is 2.43. The molecule has 18 heavy (non-hydrogen) atoms. The summed E-state index contributed by atoms with van der Waals surface area (Å²) in [7, 11) is 0. The minimum atomic E-state index is 0.437. The number of aromatic nitrogens is 2. The average molecular weight is 251 g/mol. The number of imidazole rings is 1. The van der Waals surface area contributed by atoms with Crippen molar-refractivity contribution in [1.29, 1.82) is 0 Å². The van der Waals surface area contributed by atoms with Crippen molar-refractivity contribution in [2.45, 2.75) is 78.7 Å². The molecule has 1 atom stereocenters. The summed E-state index contributed by atoms with van der Waals surface area (Å²) >= 11 is 0. The van der Waals surface area contributed by atoms with E-state index in [1.165, 1.54) is 19.3 Å². The van der Waals surface area contributed by atoms with Crippen LogP contribution < -0.4 is 5.73 Å². The van der Waals surface area contributed by atoms with Gasteiger partial charge in [-0.3, -0.25) is 0 Å². The second kappa shape index (κ2) is 6.81. The van der Waals surface area contributed by atoms with Crippen LogP contribution in [-0.2, 0) is 6.54 Å². The quantitative estimate of drug-likeness (QED) is 0.785. The molecule has 0 aliphatic rings. The highest BCUT2D eigenvalue weighted by Crippen LogP contribution is 2.29. The van der Waals surface area contributed by atoms with Crippen LogP contribution in [0, 0.1) is 0 Å². The van der Waals surface area contributed by atoms with Crippen LogP contribution in [-0.4, -0.2) is 9.55 Å². The van der Waals surface area contributed by atoms with E-state index in [1.54, 1.807) is 0 Å². The van der Waals surface area contributed by atoms with Gasteiger partial charge >= 0.3 is 0 Å². The average Bonchev–Trinajstić information content (AvgIpc) is 2.64. The molecule has 3 nitrogen and oxygen atoms in total. The van der Waals surface area contributed by atoms with Gasteiger partial charge in [-0.15, -0.1) is 0 Å². The maximum atomic E-state index is 6.31. The summed E-state index contributed by atoms with van der Waals surface area (Å²) in [5.74, 6) is 2.95. The standard InChI is InChI=1S/C15H29N3/c1-6-8-10-18-14(16)13(12(5)9-7-2)17-15(18)11(3)4/h11-12H,6-10,16H2,1-5H3. The van der Waals surface area contributed by atoms with E-state index in [1.807, 2.05) is 0 Å². The number of rotatable bonds is 7. The van der Waals surface area contributed by atoms with Crippen molar-refractivity contribution < 1.29 is 0 Å². The Hall–Kier alpha value is -0.990. The van der Waals surface area contributed by atoms with Crippen molar-refractivity contribution in [2.75, 3.05) is 5.73 Å². The van der Waals surface area contributed by atoms with Gasteiger partial charge in [-0.25, -0.2) is 4.98 Å². The first kappa shape index (κ1) is 15.1. The van der Waals surface area contributed by atoms with Crippen LogP contribution in [0.4, 0.5) is 5.82 Å². The summed E-state index contributed by atoms with van der Waals surface area (Å²) in [6, 6.07) is 0. The molecule has 0 bridgehead atoms. The van der Waals surface area contributed by atoms with E-state index < -0.39 is 0 Å². The van der Waals surface area contributed by atoms with Crippen LogP contribution in [0.15, 0.2) is 0 Å². The molecule has 3 heteroatoms. The van der Waals surface area contributed by atoms with Crippen molar-refractivity contribution in [3.63, 3.8) is 0 Å². The second-order valence-electron chi connectivity index (χ2n) is 5.59. The molecular weight excluding hydrogens is 222 g/mol. The molecule has 0 fully saturated rings. The second-order valence-corrected chi connectivity index (χ2v) is 5.59. The van der Waals surface area contributed by atoms with Crippen LogP contribution in [0.25, 0.3) is 0 Å². The maximum absolute atomic E-state index is 6.31. The number of anilines is 1. The van der Waals surface area contributed by atoms with Gasteiger partial charge in [0, 0.05) is 18.4 Å². The number of nitrogen functional groups attached to an aromatic ring is 1. The van der Waals surface area contributed by atoms with E-state index in [0.717, 1.165) is 30.3 Å². The van der Waals surface area contributed by atoms with Gasteiger partial charge in [0.05, 0.1) is 5.69 Å². The Morgan fingerprint density at radius 1 is 1.17 bits per heavy atom. The number of nitrogens with two attached hydrogens (primary N) is 1. The van der Waals surface area contributed by atoms with Gasteiger partial charge in [-0.05, 0) is 12.8 Å². The van der Waals surface area contributed by atoms with Crippen molar-refractivity contribution in [3.8, 4) is 0 Å². The highest BCUT2D eigenvalue weighted by Gasteiger charge is 2.20. The highest BCUT2D eigenvalue weighted by atomic mass is 15.1. The molecule has 0 aliphatic carbocycles. The van der Waals surface area contributed by atoms with Gasteiger partial charge in [0.15, 0.2) is 0 Å². The molecule has 2 N–H and O–H groups in total. The summed E-state index contributed by atoms with van der Waals surface area (Å²) < 4.78 is 2.23. The van der Waals surface area contributed by atoms with E-state index in [-0.39, 0.29) is 0 Å². The van der Waals surface area contributed by atoms with Crippen LogP contribution >= 0.6 is 0 Å². The van der Waals surface area contributed by atoms with Crippen LogP contribution in [0.5, 0.6) is 0 Å². The van der Waals surface area contributed by atoms with Gasteiger partial charge < -0.3 is 10.3 Å². The van der Waals surface area contributed by atoms with Crippen molar-refractivity contribution >= 4 is 5.82 Å². The molecule has 0 aromatic carbocycles. The minimum Gasteiger partial charge on any atom is -0.384 e. The van der Waals surface area contributed by atoms with Crippen LogP contribution in [0.2, 0.25) is 0 Å². The molecule has 1 unspecified atom stereocenters. The lowest BCUT2D eigenvalue weighted by atomic mass is 10.0. The predicted octanol–water partition coefficient (Wildman–Crippen LogP) is 4.29. The molecule has 1 aromatic heterocycles. The zero-order valence-electron chi connectivity index (χ0n) is 12.7. The van der Waals surface area contributed by atoms with Crippen molar-refractivity contribution in [1.82, 2.24) is 9.55 Å². The van der Waals surface area contributed by atoms with Crippen molar-refractivity contribution in [2.24, 2.45) is 0 Å². The molecular formula is C15H29N3. The van der Waals surface area contributed by atoms with Crippen LogP contribution in [0.3, 0.4) is 0 Å². The van der Waals surface area contributed by atoms with E-state index in [2.05, 4.69) is 39.2 Å². The largest absolute Gasteiger partial charge is 0.384 e. The third-order valence-electron chi connectivity index (χ3n) is 3.50. The SMILES string of the molecule is CCCCn1c(C(C)C)nc(C(C)CCC)c1N. The molecule has 0 spiro atoms. The number of hydrogen-bond acceptors (Lipinski definition) is 2. The Labute approximate surface area is 112 Å². The van der Waals surface area contributed by atoms with Gasteiger partial charge in [-0.1, -0.05) is 47.5 Å². The van der Waals surface area contributed by atoms with Gasteiger partial charge in [0.1, 0.15) is 11.6 Å². The molecule has 1 aromatic rings. The normalized spacial score (nSPS) is 13.2. The first-order valence-electron chi connectivity index (χ1n) is 7.38. The summed E-state index contributed by atoms with van der Waals surface area (Å²) in [5.41, 5.74) is 7.42. The minimum absolute atomic E-state index is 0.437. The Bertz CT molecular complexity index is 366. The van der Waals surface area contributed by atoms with Crippen molar-refractivity contribution in [3.05, 3.63) is 11.5 Å². The summed E-state index contributed by atoms with van der Waals surface area (Å²) in [6.07, 6.45) is 4.70. The molecule has 0 radical (unpaired) electrons. The Morgan fingerprint density at radius 3 is 2.33 bits per heavy atom. The third-order valence-corrected chi connectivity index (χ3v) is 3.50. The zero-order valence-corrected chi connectivity index (χ0v) is 12.7. The van der Waals surface area contributed by atoms with E-state index >= 15 is 0 Å². The lowest BCUT2D eigenvalue weighted by Crippen LogP contribution is -2.09. The van der Waals surface area contributed by atoms with E-state index in [0.29, 0.717) is 11.8 Å². The summed E-state index contributed by atoms with van der Waals surface area (Å²) in [5, 5.41) is 0. The topological polar surface area (TPSA) is 43.8 Å². The van der Waals surface area contributed by atoms with E-state index in [4.69, 9.17) is 10.7 Å². The lowest BCUT2D eigenvalue weighted by molar-refractivity contribution is 0.588. The molecule has 0 aliphatic heterocycles. The molecule has 1 heterocycles. The Morgan fingerprint density at radius 2 is 1.83 bits per heavy atom. The highest BCUT2D eigenvalue weighted by molar-refractivity contribution is 5.41. The number of hydrogen-bond donors (Lipinski definition) is 1. The lowest BCUT2D eigenvalue weighted by Gasteiger charge is -2.11. The summed E-state index contributed by atoms with van der Waals surface area (Å²) in [4.78, 5) is 4.82. The van der Waals surface area contributed by atoms with Crippen LogP contribution in [0.1, 0.15) is 83.7 Å². The fourth-order valence-electron chi connectivity index (χ4n) is 2.43. The first-order valence-corrected chi connectivity index (χ1v) is 7.38. The maximum Gasteiger partial charge on any atom is 0.127 e.